The van der Waals surface area contributed by atoms with Crippen molar-refractivity contribution in [2.75, 3.05) is 18.4 Å². The molecule has 26 heavy (non-hydrogen) atoms. The van der Waals surface area contributed by atoms with Crippen molar-refractivity contribution >= 4 is 52.1 Å². The van der Waals surface area contributed by atoms with Crippen molar-refractivity contribution in [2.24, 2.45) is 0 Å². The normalized spacial score (nSPS) is 14.2. The molecule has 2 aromatic carbocycles. The molecule has 4 nitrogen and oxygen atoms in total. The lowest BCUT2D eigenvalue weighted by atomic mass is 10.2. The third-order valence-electron chi connectivity index (χ3n) is 4.24. The number of likely N-dealkylation sites (tertiary alicyclic amines) is 1. The Balaban J connectivity index is 1.55. The van der Waals surface area contributed by atoms with Crippen LogP contribution in [0.5, 0.6) is 0 Å². The van der Waals surface area contributed by atoms with E-state index < -0.39 is 5.91 Å². The van der Waals surface area contributed by atoms with Gasteiger partial charge in [0.1, 0.15) is 0 Å². The quantitative estimate of drug-likeness (QED) is 0.719. The maximum absolute atomic E-state index is 12.3. The topological polar surface area (TPSA) is 44.4 Å². The molecule has 7 heteroatoms. The Hall–Kier alpha value is -1.66. The largest absolute Gasteiger partial charge is 0.332 e. The Bertz CT molecular complexity index is 805. The van der Waals surface area contributed by atoms with Gasteiger partial charge in [0.25, 0.3) is 5.91 Å². The molecule has 1 fully saturated rings. The zero-order valence-electron chi connectivity index (χ0n) is 14.1. The summed E-state index contributed by atoms with van der Waals surface area (Å²) in [5.41, 5.74) is 2.36. The average Bonchev–Trinajstić information content (AvgIpc) is 3.12. The molecule has 136 valence electrons. The molecule has 0 bridgehead atoms. The fourth-order valence-corrected chi connectivity index (χ4v) is 3.50. The van der Waals surface area contributed by atoms with Crippen LogP contribution in [0.25, 0.3) is 0 Å². The molecule has 1 aliphatic rings. The summed E-state index contributed by atoms with van der Waals surface area (Å²) in [6, 6.07) is 12.9. The summed E-state index contributed by atoms with van der Waals surface area (Å²) >= 11 is 17.2. The second-order valence-electron chi connectivity index (χ2n) is 6.19. The predicted molar refractivity (Wildman–Crippen MR) is 111 cm³/mol. The first-order valence-corrected chi connectivity index (χ1v) is 9.57. The molecule has 0 saturated carbocycles. The minimum atomic E-state index is -0.402. The van der Waals surface area contributed by atoms with Crippen LogP contribution in [0.4, 0.5) is 5.69 Å². The first-order valence-electron chi connectivity index (χ1n) is 8.40. The van der Waals surface area contributed by atoms with Crippen molar-refractivity contribution in [3.05, 3.63) is 63.6 Å². The van der Waals surface area contributed by atoms with Crippen LogP contribution in [0.1, 0.15) is 28.8 Å². The van der Waals surface area contributed by atoms with Crippen LogP contribution in [0.2, 0.25) is 10.0 Å². The number of benzene rings is 2. The van der Waals surface area contributed by atoms with E-state index in [4.69, 9.17) is 35.4 Å². The van der Waals surface area contributed by atoms with Gasteiger partial charge in [-0.3, -0.25) is 15.0 Å². The highest BCUT2D eigenvalue weighted by Gasteiger charge is 2.14. The molecule has 0 unspecified atom stereocenters. The standard InChI is InChI=1S/C19H19Cl2N3OS/c20-16-5-3-4-15(17(16)21)18(25)23-19(26)22-14-8-6-13(7-9-14)12-24-10-1-2-11-24/h3-9H,1-2,10-12H2,(H2,22,23,25,26). The number of rotatable bonds is 4. The molecule has 0 aliphatic carbocycles. The van der Waals surface area contributed by atoms with E-state index >= 15 is 0 Å². The zero-order valence-corrected chi connectivity index (χ0v) is 16.4. The van der Waals surface area contributed by atoms with Crippen LogP contribution in [0.15, 0.2) is 42.5 Å². The SMILES string of the molecule is O=C(NC(=S)Nc1ccc(CN2CCCC2)cc1)c1cccc(Cl)c1Cl. The van der Waals surface area contributed by atoms with E-state index in [0.717, 1.165) is 12.2 Å². The molecule has 1 aliphatic heterocycles. The van der Waals surface area contributed by atoms with E-state index in [1.807, 2.05) is 12.1 Å². The highest BCUT2D eigenvalue weighted by Crippen LogP contribution is 2.25. The average molecular weight is 408 g/mol. The summed E-state index contributed by atoms with van der Waals surface area (Å²) < 4.78 is 0. The Morgan fingerprint density at radius 1 is 1.08 bits per heavy atom. The Morgan fingerprint density at radius 2 is 1.77 bits per heavy atom. The van der Waals surface area contributed by atoms with E-state index in [1.165, 1.54) is 31.5 Å². The van der Waals surface area contributed by atoms with E-state index in [9.17, 15) is 4.79 Å². The molecule has 0 aromatic heterocycles. The van der Waals surface area contributed by atoms with Crippen molar-refractivity contribution in [2.45, 2.75) is 19.4 Å². The first-order chi connectivity index (χ1) is 12.5. The molecule has 1 amide bonds. The van der Waals surface area contributed by atoms with Crippen LogP contribution in [0.3, 0.4) is 0 Å². The molecular weight excluding hydrogens is 389 g/mol. The van der Waals surface area contributed by atoms with Gasteiger partial charge in [0, 0.05) is 12.2 Å². The summed E-state index contributed by atoms with van der Waals surface area (Å²) in [7, 11) is 0. The second kappa shape index (κ2) is 8.82. The highest BCUT2D eigenvalue weighted by atomic mass is 35.5. The lowest BCUT2D eigenvalue weighted by Gasteiger charge is -2.15. The van der Waals surface area contributed by atoms with E-state index in [2.05, 4.69) is 27.7 Å². The zero-order chi connectivity index (χ0) is 18.5. The van der Waals surface area contributed by atoms with Crippen molar-refractivity contribution in [1.29, 1.82) is 0 Å². The third-order valence-corrected chi connectivity index (χ3v) is 5.26. The molecule has 1 heterocycles. The molecule has 1 saturated heterocycles. The Kier molecular flexibility index (Phi) is 6.48. The third kappa shape index (κ3) is 4.95. The smallest absolute Gasteiger partial charge is 0.258 e. The minimum Gasteiger partial charge on any atom is -0.332 e. The maximum atomic E-state index is 12.3. The number of halogens is 2. The number of thiocarbonyl (C=S) groups is 1. The Morgan fingerprint density at radius 3 is 2.46 bits per heavy atom. The monoisotopic (exact) mass is 407 g/mol. The van der Waals surface area contributed by atoms with Crippen molar-refractivity contribution in [1.82, 2.24) is 10.2 Å². The highest BCUT2D eigenvalue weighted by molar-refractivity contribution is 7.80. The molecule has 2 N–H and O–H groups in total. The van der Waals surface area contributed by atoms with E-state index in [1.54, 1.807) is 18.2 Å². The molecule has 0 radical (unpaired) electrons. The number of amides is 1. The van der Waals surface area contributed by atoms with Gasteiger partial charge in [0.05, 0.1) is 15.6 Å². The van der Waals surface area contributed by atoms with Gasteiger partial charge >= 0.3 is 0 Å². The van der Waals surface area contributed by atoms with Crippen LogP contribution in [-0.4, -0.2) is 29.0 Å². The molecule has 2 aromatic rings. The maximum Gasteiger partial charge on any atom is 0.258 e. The van der Waals surface area contributed by atoms with Gasteiger partial charge < -0.3 is 5.32 Å². The Labute approximate surface area is 168 Å². The number of carbonyl (C=O) groups is 1. The number of anilines is 1. The number of nitrogens with one attached hydrogen (secondary N) is 2. The van der Waals surface area contributed by atoms with Gasteiger partial charge in [-0.15, -0.1) is 0 Å². The van der Waals surface area contributed by atoms with Gasteiger partial charge in [0.15, 0.2) is 5.11 Å². The number of carbonyl (C=O) groups excluding carboxylic acids is 1. The fraction of sp³-hybridized carbons (Fsp3) is 0.263. The molecule has 0 spiro atoms. The van der Waals surface area contributed by atoms with Crippen LogP contribution < -0.4 is 10.6 Å². The number of nitrogens with zero attached hydrogens (tertiary/aromatic N) is 1. The lowest BCUT2D eigenvalue weighted by Crippen LogP contribution is -2.34. The lowest BCUT2D eigenvalue weighted by molar-refractivity contribution is 0.0978. The molecular formula is C19H19Cl2N3OS. The van der Waals surface area contributed by atoms with Crippen molar-refractivity contribution in [3.63, 3.8) is 0 Å². The van der Waals surface area contributed by atoms with Crippen LogP contribution in [0, 0.1) is 0 Å². The summed E-state index contributed by atoms with van der Waals surface area (Å²) in [6.45, 7) is 3.30. The number of hydrogen-bond acceptors (Lipinski definition) is 3. The fourth-order valence-electron chi connectivity index (χ4n) is 2.90. The van der Waals surface area contributed by atoms with E-state index in [-0.39, 0.29) is 15.7 Å². The first kappa shape index (κ1) is 19.1. The molecule has 0 atom stereocenters. The van der Waals surface area contributed by atoms with Crippen LogP contribution in [-0.2, 0) is 6.54 Å². The summed E-state index contributed by atoms with van der Waals surface area (Å²) in [4.78, 5) is 14.7. The van der Waals surface area contributed by atoms with Crippen molar-refractivity contribution < 1.29 is 4.79 Å². The predicted octanol–water partition coefficient (Wildman–Crippen LogP) is 4.72. The van der Waals surface area contributed by atoms with Gasteiger partial charge in [0.2, 0.25) is 0 Å². The number of hydrogen-bond donors (Lipinski definition) is 2. The second-order valence-corrected chi connectivity index (χ2v) is 7.38. The van der Waals surface area contributed by atoms with E-state index in [0.29, 0.717) is 5.02 Å². The summed E-state index contributed by atoms with van der Waals surface area (Å²) in [5.74, 6) is -0.402. The van der Waals surface area contributed by atoms with Gasteiger partial charge in [-0.2, -0.15) is 0 Å². The summed E-state index contributed by atoms with van der Waals surface area (Å²) in [6.07, 6.45) is 2.56. The van der Waals surface area contributed by atoms with Gasteiger partial charge in [-0.1, -0.05) is 41.4 Å². The van der Waals surface area contributed by atoms with Crippen LogP contribution >= 0.6 is 35.4 Å². The van der Waals surface area contributed by atoms with Gasteiger partial charge in [-0.25, -0.2) is 0 Å². The summed E-state index contributed by atoms with van der Waals surface area (Å²) in [5, 5.41) is 6.37. The minimum absolute atomic E-state index is 0.207. The molecule has 3 rings (SSSR count). The van der Waals surface area contributed by atoms with Gasteiger partial charge in [-0.05, 0) is 68.0 Å². The van der Waals surface area contributed by atoms with Crippen molar-refractivity contribution in [3.8, 4) is 0 Å².